The van der Waals surface area contributed by atoms with Gasteiger partial charge in [-0.1, -0.05) is 12.1 Å². The first-order valence-corrected chi connectivity index (χ1v) is 8.88. The summed E-state index contributed by atoms with van der Waals surface area (Å²) in [4.78, 5) is 30.0. The summed E-state index contributed by atoms with van der Waals surface area (Å²) < 4.78 is 19.6. The third-order valence-electron chi connectivity index (χ3n) is 4.20. The quantitative estimate of drug-likeness (QED) is 0.717. The smallest absolute Gasteiger partial charge is 0.263 e. The lowest BCUT2D eigenvalue weighted by Gasteiger charge is -2.17. The van der Waals surface area contributed by atoms with Crippen LogP contribution >= 0.6 is 11.3 Å². The van der Waals surface area contributed by atoms with Crippen molar-refractivity contribution in [2.75, 3.05) is 13.7 Å². The number of carbonyl (C=O) groups excluding carboxylic acids is 1. The number of halogens is 1. The molecular weight excluding hydrogens is 357 g/mol. The molecule has 8 heteroatoms. The van der Waals surface area contributed by atoms with Crippen molar-refractivity contribution in [2.24, 2.45) is 5.73 Å². The van der Waals surface area contributed by atoms with Crippen LogP contribution in [0.5, 0.6) is 0 Å². The maximum atomic E-state index is 13.2. The maximum absolute atomic E-state index is 13.2. The molecule has 3 rings (SSSR count). The average molecular weight is 375 g/mol. The minimum absolute atomic E-state index is 0.340. The Hall–Kier alpha value is -2.58. The molecule has 26 heavy (non-hydrogen) atoms. The number of nitrogens with zero attached hydrogens (tertiary/aromatic N) is 2. The summed E-state index contributed by atoms with van der Waals surface area (Å²) in [5.74, 6) is -0.526. The molecule has 0 bridgehead atoms. The molecule has 2 aromatic heterocycles. The molecule has 2 N–H and O–H groups in total. The van der Waals surface area contributed by atoms with E-state index >= 15 is 0 Å². The Morgan fingerprint density at radius 2 is 2.08 bits per heavy atom. The van der Waals surface area contributed by atoms with Gasteiger partial charge in [-0.3, -0.25) is 14.2 Å². The molecule has 0 aliphatic heterocycles. The van der Waals surface area contributed by atoms with Crippen LogP contribution in [-0.4, -0.2) is 29.2 Å². The molecule has 0 aliphatic rings. The SMILES string of the molecule is COCCc1nc2scc(-c3ccc(F)cc3)c2c(=O)n1C(C)C(N)=O. The van der Waals surface area contributed by atoms with E-state index in [1.165, 1.54) is 28.0 Å². The van der Waals surface area contributed by atoms with Gasteiger partial charge in [-0.15, -0.1) is 11.3 Å². The van der Waals surface area contributed by atoms with Gasteiger partial charge in [-0.2, -0.15) is 0 Å². The molecule has 3 aromatic rings. The van der Waals surface area contributed by atoms with Crippen molar-refractivity contribution in [2.45, 2.75) is 19.4 Å². The summed E-state index contributed by atoms with van der Waals surface area (Å²) in [6, 6.07) is 5.05. The molecule has 6 nitrogen and oxygen atoms in total. The molecule has 1 aromatic carbocycles. The number of methoxy groups -OCH3 is 1. The number of benzene rings is 1. The standard InChI is InChI=1S/C18H18FN3O3S/c1-10(16(20)23)22-14(7-8-25-2)21-17-15(18(22)24)13(9-26-17)11-3-5-12(19)6-4-11/h3-6,9-10H,7-8H2,1-2H3,(H2,20,23). The summed E-state index contributed by atoms with van der Waals surface area (Å²) >= 11 is 1.33. The lowest BCUT2D eigenvalue weighted by atomic mass is 10.1. The third kappa shape index (κ3) is 3.25. The van der Waals surface area contributed by atoms with E-state index in [1.807, 2.05) is 5.38 Å². The topological polar surface area (TPSA) is 87.2 Å². The van der Waals surface area contributed by atoms with Crippen molar-refractivity contribution in [3.05, 3.63) is 51.6 Å². The first-order chi connectivity index (χ1) is 12.4. The molecule has 136 valence electrons. The Bertz CT molecular complexity index is 1010. The van der Waals surface area contributed by atoms with Gasteiger partial charge in [0.2, 0.25) is 5.91 Å². The number of nitrogens with two attached hydrogens (primary N) is 1. The van der Waals surface area contributed by atoms with E-state index in [1.54, 1.807) is 26.2 Å². The number of thiophene rings is 1. The molecule has 0 saturated heterocycles. The van der Waals surface area contributed by atoms with Crippen LogP contribution in [0.25, 0.3) is 21.3 Å². The minimum Gasteiger partial charge on any atom is -0.384 e. The Morgan fingerprint density at radius 1 is 1.38 bits per heavy atom. The highest BCUT2D eigenvalue weighted by Gasteiger charge is 2.22. The van der Waals surface area contributed by atoms with E-state index in [2.05, 4.69) is 4.98 Å². The summed E-state index contributed by atoms with van der Waals surface area (Å²) in [6.45, 7) is 1.93. The highest BCUT2D eigenvalue weighted by Crippen LogP contribution is 2.31. The molecule has 0 saturated carbocycles. The number of rotatable bonds is 6. The van der Waals surface area contributed by atoms with E-state index < -0.39 is 11.9 Å². The van der Waals surface area contributed by atoms with Crippen LogP contribution in [0.1, 0.15) is 18.8 Å². The Morgan fingerprint density at radius 3 is 2.69 bits per heavy atom. The minimum atomic E-state index is -0.841. The van der Waals surface area contributed by atoms with Gasteiger partial charge in [0.1, 0.15) is 22.5 Å². The molecule has 0 radical (unpaired) electrons. The largest absolute Gasteiger partial charge is 0.384 e. The fourth-order valence-corrected chi connectivity index (χ4v) is 3.74. The van der Waals surface area contributed by atoms with Gasteiger partial charge in [-0.05, 0) is 24.6 Å². The van der Waals surface area contributed by atoms with Crippen molar-refractivity contribution in [1.82, 2.24) is 9.55 Å². The third-order valence-corrected chi connectivity index (χ3v) is 5.07. The van der Waals surface area contributed by atoms with E-state index in [9.17, 15) is 14.0 Å². The summed E-state index contributed by atoms with van der Waals surface area (Å²) in [5.41, 5.74) is 6.45. The number of fused-ring (bicyclic) bond motifs is 1. The Kier molecular flexibility index (Phi) is 5.15. The number of ether oxygens (including phenoxy) is 1. The molecule has 0 aliphatic carbocycles. The van der Waals surface area contributed by atoms with Gasteiger partial charge in [0, 0.05) is 24.5 Å². The number of hydrogen-bond acceptors (Lipinski definition) is 5. The van der Waals surface area contributed by atoms with Gasteiger partial charge < -0.3 is 10.5 Å². The van der Waals surface area contributed by atoms with Crippen LogP contribution in [0.15, 0.2) is 34.4 Å². The highest BCUT2D eigenvalue weighted by atomic mass is 32.1. The average Bonchev–Trinajstić information content (AvgIpc) is 3.04. The lowest BCUT2D eigenvalue weighted by molar-refractivity contribution is -0.120. The molecule has 1 amide bonds. The normalized spacial score (nSPS) is 12.4. The van der Waals surface area contributed by atoms with E-state index in [0.29, 0.717) is 40.2 Å². The fraction of sp³-hybridized carbons (Fsp3) is 0.278. The van der Waals surface area contributed by atoms with Gasteiger partial charge >= 0.3 is 0 Å². The number of primary amides is 1. The van der Waals surface area contributed by atoms with Crippen LogP contribution in [0.3, 0.4) is 0 Å². The summed E-state index contributed by atoms with van der Waals surface area (Å²) in [6.07, 6.45) is 0.378. The van der Waals surface area contributed by atoms with E-state index in [4.69, 9.17) is 10.5 Å². The second-order valence-electron chi connectivity index (χ2n) is 5.86. The number of aromatic nitrogens is 2. The Labute approximate surface area is 153 Å². The van der Waals surface area contributed by atoms with Crippen LogP contribution in [0.4, 0.5) is 4.39 Å². The second kappa shape index (κ2) is 7.35. The van der Waals surface area contributed by atoms with Crippen molar-refractivity contribution in [3.63, 3.8) is 0 Å². The van der Waals surface area contributed by atoms with Crippen LogP contribution in [-0.2, 0) is 16.0 Å². The number of amides is 1. The molecular formula is C18H18FN3O3S. The van der Waals surface area contributed by atoms with Crippen molar-refractivity contribution < 1.29 is 13.9 Å². The summed E-state index contributed by atoms with van der Waals surface area (Å²) in [7, 11) is 1.55. The van der Waals surface area contributed by atoms with Crippen molar-refractivity contribution >= 4 is 27.5 Å². The molecule has 0 spiro atoms. The first kappa shape index (κ1) is 18.2. The van der Waals surface area contributed by atoms with Crippen LogP contribution in [0.2, 0.25) is 0 Å². The van der Waals surface area contributed by atoms with Gasteiger partial charge in [0.25, 0.3) is 5.56 Å². The first-order valence-electron chi connectivity index (χ1n) is 8.00. The maximum Gasteiger partial charge on any atom is 0.263 e. The Balaban J connectivity index is 2.26. The zero-order valence-electron chi connectivity index (χ0n) is 14.4. The lowest BCUT2D eigenvalue weighted by Crippen LogP contribution is -2.35. The number of hydrogen-bond donors (Lipinski definition) is 1. The van der Waals surface area contributed by atoms with Crippen LogP contribution in [0, 0.1) is 5.82 Å². The van der Waals surface area contributed by atoms with Gasteiger partial charge in [0.05, 0.1) is 12.0 Å². The number of carbonyl (C=O) groups is 1. The van der Waals surface area contributed by atoms with E-state index in [-0.39, 0.29) is 11.4 Å². The molecule has 2 heterocycles. The van der Waals surface area contributed by atoms with Gasteiger partial charge in [0.15, 0.2) is 0 Å². The zero-order valence-corrected chi connectivity index (χ0v) is 15.2. The predicted molar refractivity (Wildman–Crippen MR) is 98.8 cm³/mol. The molecule has 1 atom stereocenters. The predicted octanol–water partition coefficient (Wildman–Crippen LogP) is 2.50. The summed E-state index contributed by atoms with van der Waals surface area (Å²) in [5, 5.41) is 2.21. The van der Waals surface area contributed by atoms with Gasteiger partial charge in [-0.25, -0.2) is 9.37 Å². The van der Waals surface area contributed by atoms with E-state index in [0.717, 1.165) is 0 Å². The molecule has 1 unspecified atom stereocenters. The van der Waals surface area contributed by atoms with Crippen molar-refractivity contribution in [1.29, 1.82) is 0 Å². The molecule has 0 fully saturated rings. The van der Waals surface area contributed by atoms with Crippen LogP contribution < -0.4 is 11.3 Å². The fourth-order valence-electron chi connectivity index (χ4n) is 2.78. The zero-order chi connectivity index (χ0) is 18.8. The van der Waals surface area contributed by atoms with Crippen molar-refractivity contribution in [3.8, 4) is 11.1 Å². The monoisotopic (exact) mass is 375 g/mol. The highest BCUT2D eigenvalue weighted by molar-refractivity contribution is 7.17. The second-order valence-corrected chi connectivity index (χ2v) is 6.72.